The number of piperidine rings is 1. The number of aryl methyl sites for hydroxylation is 3. The number of likely N-dealkylation sites (tertiary alicyclic amines) is 1. The average molecular weight is 504 g/mol. The van der Waals surface area contributed by atoms with Gasteiger partial charge in [-0.25, -0.2) is 4.79 Å². The van der Waals surface area contributed by atoms with Crippen molar-refractivity contribution in [3.05, 3.63) is 83.3 Å². The molecule has 0 unspecified atom stereocenters. The summed E-state index contributed by atoms with van der Waals surface area (Å²) in [5, 5.41) is 12.9. The minimum Gasteiger partial charge on any atom is -0.464 e. The molecule has 37 heavy (non-hydrogen) atoms. The monoisotopic (exact) mass is 503 g/mol. The Morgan fingerprint density at radius 2 is 1.86 bits per heavy atom. The Morgan fingerprint density at radius 1 is 1.08 bits per heavy atom. The number of nitrogens with zero attached hydrogens (tertiary/aromatic N) is 3. The number of pyridine rings is 1. The number of nitro groups is 1. The van der Waals surface area contributed by atoms with E-state index < -0.39 is 21.8 Å². The summed E-state index contributed by atoms with van der Waals surface area (Å²) in [6.45, 7) is 6.78. The molecular formula is C27H25N3O7. The Morgan fingerprint density at radius 3 is 2.62 bits per heavy atom. The van der Waals surface area contributed by atoms with Crippen molar-refractivity contribution in [2.24, 2.45) is 5.92 Å². The summed E-state index contributed by atoms with van der Waals surface area (Å²) in [5.41, 5.74) is 3.06. The molecule has 10 nitrogen and oxygen atoms in total. The van der Waals surface area contributed by atoms with Gasteiger partial charge >= 0.3 is 16.9 Å². The molecule has 1 amide bonds. The van der Waals surface area contributed by atoms with Crippen LogP contribution in [0.25, 0.3) is 21.9 Å². The lowest BCUT2D eigenvalue weighted by Gasteiger charge is -2.42. The highest BCUT2D eigenvalue weighted by Gasteiger charge is 2.38. The third kappa shape index (κ3) is 3.50. The maximum atomic E-state index is 13.4. The maximum Gasteiger partial charge on any atom is 0.340 e. The normalized spacial score (nSPS) is 18.8. The van der Waals surface area contributed by atoms with Gasteiger partial charge in [-0.05, 0) is 56.4 Å². The summed E-state index contributed by atoms with van der Waals surface area (Å²) in [6, 6.07) is 4.82. The predicted molar refractivity (Wildman–Crippen MR) is 135 cm³/mol. The topological polar surface area (TPSA) is 129 Å². The summed E-state index contributed by atoms with van der Waals surface area (Å²) in [6.07, 6.45) is 2.39. The Hall–Kier alpha value is -4.21. The van der Waals surface area contributed by atoms with E-state index in [-0.39, 0.29) is 24.2 Å². The number of furan rings is 1. The molecule has 1 saturated heterocycles. The van der Waals surface area contributed by atoms with E-state index in [1.165, 1.54) is 10.6 Å². The molecule has 190 valence electrons. The largest absolute Gasteiger partial charge is 0.464 e. The zero-order valence-electron chi connectivity index (χ0n) is 20.7. The summed E-state index contributed by atoms with van der Waals surface area (Å²) in [5.74, 6) is -0.275. The lowest BCUT2D eigenvalue weighted by atomic mass is 9.83. The molecule has 2 bridgehead atoms. The van der Waals surface area contributed by atoms with E-state index in [0.29, 0.717) is 47.6 Å². The van der Waals surface area contributed by atoms with Crippen LogP contribution in [0.3, 0.4) is 0 Å². The number of hydrogen-bond donors (Lipinski definition) is 0. The highest BCUT2D eigenvalue weighted by molar-refractivity contribution is 6.00. The first-order chi connectivity index (χ1) is 17.6. The van der Waals surface area contributed by atoms with Gasteiger partial charge in [-0.2, -0.15) is 0 Å². The van der Waals surface area contributed by atoms with Crippen molar-refractivity contribution in [2.75, 3.05) is 13.1 Å². The molecular weight excluding hydrogens is 478 g/mol. The molecule has 0 spiro atoms. The number of hydrogen-bond acceptors (Lipinski definition) is 7. The summed E-state index contributed by atoms with van der Waals surface area (Å²) in [7, 11) is 0. The highest BCUT2D eigenvalue weighted by Crippen LogP contribution is 2.36. The van der Waals surface area contributed by atoms with Gasteiger partial charge in [0, 0.05) is 53.6 Å². The van der Waals surface area contributed by atoms with Crippen LogP contribution in [0.1, 0.15) is 40.3 Å². The van der Waals surface area contributed by atoms with Crippen LogP contribution >= 0.6 is 0 Å². The number of fused-ring (bicyclic) bond motifs is 6. The lowest BCUT2D eigenvalue weighted by Crippen LogP contribution is -2.49. The second kappa shape index (κ2) is 8.16. The fraction of sp³-hybridized carbons (Fsp3) is 0.370. The first-order valence-electron chi connectivity index (χ1n) is 12.2. The molecule has 6 rings (SSSR count). The molecule has 2 aliphatic heterocycles. The number of amides is 1. The van der Waals surface area contributed by atoms with Gasteiger partial charge in [0.05, 0.1) is 23.2 Å². The molecule has 3 aromatic heterocycles. The Labute approximate surface area is 210 Å². The molecule has 1 fully saturated rings. The summed E-state index contributed by atoms with van der Waals surface area (Å²) < 4.78 is 12.8. The van der Waals surface area contributed by atoms with Crippen LogP contribution in [0.5, 0.6) is 0 Å². The smallest absolute Gasteiger partial charge is 0.340 e. The number of carbonyl (C=O) groups is 1. The summed E-state index contributed by atoms with van der Waals surface area (Å²) in [4.78, 5) is 51.3. The minimum atomic E-state index is -0.659. The van der Waals surface area contributed by atoms with Crippen LogP contribution in [0.4, 0.5) is 5.69 Å². The molecule has 4 aromatic rings. The zero-order valence-corrected chi connectivity index (χ0v) is 20.7. The fourth-order valence-electron chi connectivity index (χ4n) is 6.06. The van der Waals surface area contributed by atoms with Crippen molar-refractivity contribution >= 4 is 33.5 Å². The van der Waals surface area contributed by atoms with Gasteiger partial charge < -0.3 is 18.3 Å². The molecule has 2 atom stereocenters. The lowest BCUT2D eigenvalue weighted by molar-refractivity contribution is -0.386. The van der Waals surface area contributed by atoms with E-state index >= 15 is 0 Å². The van der Waals surface area contributed by atoms with E-state index in [4.69, 9.17) is 8.83 Å². The molecule has 1 aromatic carbocycles. The van der Waals surface area contributed by atoms with Gasteiger partial charge in [0.2, 0.25) is 5.91 Å². The van der Waals surface area contributed by atoms with E-state index in [9.17, 15) is 24.5 Å². The number of rotatable bonds is 3. The van der Waals surface area contributed by atoms with Crippen molar-refractivity contribution in [3.8, 4) is 0 Å². The van der Waals surface area contributed by atoms with Crippen LogP contribution in [-0.4, -0.2) is 33.4 Å². The molecule has 0 N–H and O–H groups in total. The first-order valence-corrected chi connectivity index (χ1v) is 12.2. The van der Waals surface area contributed by atoms with E-state index in [2.05, 4.69) is 0 Å². The Kier molecular flexibility index (Phi) is 5.11. The van der Waals surface area contributed by atoms with Crippen LogP contribution < -0.4 is 11.2 Å². The fourth-order valence-corrected chi connectivity index (χ4v) is 6.06. The molecule has 5 heterocycles. The molecule has 0 aliphatic carbocycles. The maximum absolute atomic E-state index is 13.4. The van der Waals surface area contributed by atoms with Crippen molar-refractivity contribution < 1.29 is 18.6 Å². The van der Waals surface area contributed by atoms with Crippen molar-refractivity contribution in [1.29, 1.82) is 0 Å². The number of carbonyl (C=O) groups excluding carboxylic acids is 1. The third-order valence-electron chi connectivity index (χ3n) is 8.00. The zero-order chi connectivity index (χ0) is 26.2. The quantitative estimate of drug-likeness (QED) is 0.237. The van der Waals surface area contributed by atoms with Crippen molar-refractivity contribution in [2.45, 2.75) is 46.1 Å². The van der Waals surface area contributed by atoms with Gasteiger partial charge in [0.25, 0.3) is 0 Å². The second-order valence-corrected chi connectivity index (χ2v) is 10.3. The van der Waals surface area contributed by atoms with E-state index in [0.717, 1.165) is 28.3 Å². The Balaban J connectivity index is 1.32. The van der Waals surface area contributed by atoms with Gasteiger partial charge in [-0.3, -0.25) is 19.7 Å². The van der Waals surface area contributed by atoms with Gasteiger partial charge in [-0.15, -0.1) is 0 Å². The van der Waals surface area contributed by atoms with E-state index in [1.807, 2.05) is 26.8 Å². The van der Waals surface area contributed by atoms with Crippen molar-refractivity contribution in [3.63, 3.8) is 0 Å². The SMILES string of the molecule is Cc1coc2c(C)c3oc(=O)c(CC(=O)N4C[C@H]5C[C@@H](C4)c4ccc([N+](=O)[O-])c(=O)n4C5)c(C)c3cc12. The van der Waals surface area contributed by atoms with Gasteiger partial charge in [0.15, 0.2) is 0 Å². The number of aromatic nitrogens is 1. The molecule has 0 saturated carbocycles. The highest BCUT2D eigenvalue weighted by atomic mass is 16.6. The minimum absolute atomic E-state index is 0.00372. The molecule has 10 heteroatoms. The first kappa shape index (κ1) is 23.2. The van der Waals surface area contributed by atoms with Crippen LogP contribution in [0.2, 0.25) is 0 Å². The van der Waals surface area contributed by atoms with Crippen LogP contribution in [0, 0.1) is 36.8 Å². The second-order valence-electron chi connectivity index (χ2n) is 10.3. The molecule has 2 aliphatic rings. The van der Waals surface area contributed by atoms with Crippen molar-refractivity contribution in [1.82, 2.24) is 9.47 Å². The van der Waals surface area contributed by atoms with E-state index in [1.54, 1.807) is 17.2 Å². The van der Waals surface area contributed by atoms with Gasteiger partial charge in [0.1, 0.15) is 11.2 Å². The average Bonchev–Trinajstić information content (AvgIpc) is 3.23. The number of benzene rings is 1. The van der Waals surface area contributed by atoms with Crippen LogP contribution in [-0.2, 0) is 17.8 Å². The van der Waals surface area contributed by atoms with Gasteiger partial charge in [-0.1, -0.05) is 0 Å². The standard InChI is InChI=1S/C27H25N3O7/c1-13-12-36-24-15(3)25-19(7-18(13)24)14(2)20(27(33)37-25)8-23(31)28-9-16-6-17(11-28)21-4-5-22(30(34)35)26(32)29(21)10-16/h4-5,7,12,16-17H,6,8-11H2,1-3H3/t16-,17+/m1/s1. The van der Waals surface area contributed by atoms with Crippen LogP contribution in [0.15, 0.2) is 42.9 Å². The Bertz CT molecular complexity index is 1760. The molecule has 0 radical (unpaired) electrons. The third-order valence-corrected chi connectivity index (χ3v) is 8.00. The summed E-state index contributed by atoms with van der Waals surface area (Å²) >= 11 is 0. The predicted octanol–water partition coefficient (Wildman–Crippen LogP) is 3.72.